The highest BCUT2D eigenvalue weighted by atomic mass is 19.1. The highest BCUT2D eigenvalue weighted by molar-refractivity contribution is 5.68. The summed E-state index contributed by atoms with van der Waals surface area (Å²) in [5.74, 6) is -0.169. The molecule has 21 heavy (non-hydrogen) atoms. The highest BCUT2D eigenvalue weighted by Crippen LogP contribution is 2.34. The minimum Gasteiger partial charge on any atom is -0.341 e. The molecule has 3 rings (SSSR count). The molecule has 0 radical (unpaired) electrons. The van der Waals surface area contributed by atoms with Gasteiger partial charge in [-0.05, 0) is 62.2 Å². The summed E-state index contributed by atoms with van der Waals surface area (Å²) in [6.07, 6.45) is 2.21. The third-order valence-electron chi connectivity index (χ3n) is 3.99. The molecule has 1 aliphatic rings. The Morgan fingerprint density at radius 1 is 1.19 bits per heavy atom. The molecule has 0 fully saturated rings. The van der Waals surface area contributed by atoms with Crippen LogP contribution >= 0.6 is 0 Å². The SMILES string of the molecule is CNCc1cc(F)cc(N2CCCc3cc(C)ccc32)c1. The summed E-state index contributed by atoms with van der Waals surface area (Å²) in [6.45, 7) is 3.74. The number of nitrogens with one attached hydrogen (secondary N) is 1. The van der Waals surface area contributed by atoms with Crippen molar-refractivity contribution in [2.24, 2.45) is 0 Å². The number of fused-ring (bicyclic) bond motifs is 1. The van der Waals surface area contributed by atoms with Gasteiger partial charge in [-0.2, -0.15) is 0 Å². The third kappa shape index (κ3) is 2.93. The van der Waals surface area contributed by atoms with Crippen LogP contribution in [0.1, 0.15) is 23.1 Å². The molecular weight excluding hydrogens is 263 g/mol. The lowest BCUT2D eigenvalue weighted by Crippen LogP contribution is -2.25. The quantitative estimate of drug-likeness (QED) is 0.918. The van der Waals surface area contributed by atoms with Crippen molar-refractivity contribution in [3.8, 4) is 0 Å². The summed E-state index contributed by atoms with van der Waals surface area (Å²) in [5.41, 5.74) is 5.79. The maximum absolute atomic E-state index is 13.9. The van der Waals surface area contributed by atoms with E-state index in [1.54, 1.807) is 12.1 Å². The summed E-state index contributed by atoms with van der Waals surface area (Å²) in [6, 6.07) is 11.8. The molecule has 0 aliphatic carbocycles. The van der Waals surface area contributed by atoms with Crippen LogP contribution in [0.15, 0.2) is 36.4 Å². The molecule has 0 bridgehead atoms. The summed E-state index contributed by atoms with van der Waals surface area (Å²) < 4.78 is 13.9. The van der Waals surface area contributed by atoms with Crippen molar-refractivity contribution in [2.45, 2.75) is 26.3 Å². The summed E-state index contributed by atoms with van der Waals surface area (Å²) in [7, 11) is 1.88. The molecule has 1 aliphatic heterocycles. The van der Waals surface area contributed by atoms with E-state index in [-0.39, 0.29) is 5.82 Å². The largest absolute Gasteiger partial charge is 0.341 e. The Bertz CT molecular complexity index is 652. The van der Waals surface area contributed by atoms with Crippen LogP contribution in [0.5, 0.6) is 0 Å². The van der Waals surface area contributed by atoms with Gasteiger partial charge in [-0.1, -0.05) is 17.7 Å². The molecule has 0 unspecified atom stereocenters. The lowest BCUT2D eigenvalue weighted by atomic mass is 9.98. The van der Waals surface area contributed by atoms with Gasteiger partial charge in [-0.15, -0.1) is 0 Å². The summed E-state index contributed by atoms with van der Waals surface area (Å²) >= 11 is 0. The second-order valence-electron chi connectivity index (χ2n) is 5.74. The Hall–Kier alpha value is -1.87. The van der Waals surface area contributed by atoms with Crippen molar-refractivity contribution in [2.75, 3.05) is 18.5 Å². The predicted molar refractivity (Wildman–Crippen MR) is 85.7 cm³/mol. The Morgan fingerprint density at radius 3 is 2.86 bits per heavy atom. The van der Waals surface area contributed by atoms with E-state index in [1.807, 2.05) is 7.05 Å². The maximum Gasteiger partial charge on any atom is 0.125 e. The number of anilines is 2. The maximum atomic E-state index is 13.9. The minimum atomic E-state index is -0.169. The van der Waals surface area contributed by atoms with Crippen LogP contribution < -0.4 is 10.2 Å². The Morgan fingerprint density at radius 2 is 2.05 bits per heavy atom. The van der Waals surface area contributed by atoms with Gasteiger partial charge < -0.3 is 10.2 Å². The second-order valence-corrected chi connectivity index (χ2v) is 5.74. The molecule has 0 aromatic heterocycles. The summed E-state index contributed by atoms with van der Waals surface area (Å²) in [4.78, 5) is 2.24. The molecule has 2 aromatic carbocycles. The van der Waals surface area contributed by atoms with Crippen LogP contribution in [0, 0.1) is 12.7 Å². The van der Waals surface area contributed by atoms with E-state index in [1.165, 1.54) is 16.8 Å². The zero-order valence-corrected chi connectivity index (χ0v) is 12.6. The number of benzene rings is 2. The van der Waals surface area contributed by atoms with E-state index < -0.39 is 0 Å². The van der Waals surface area contributed by atoms with Crippen molar-refractivity contribution in [3.05, 3.63) is 58.9 Å². The molecule has 0 spiro atoms. The fourth-order valence-corrected chi connectivity index (χ4v) is 3.09. The molecule has 3 heteroatoms. The van der Waals surface area contributed by atoms with Gasteiger partial charge >= 0.3 is 0 Å². The molecule has 0 atom stereocenters. The van der Waals surface area contributed by atoms with Gasteiger partial charge in [0.25, 0.3) is 0 Å². The first-order chi connectivity index (χ1) is 10.2. The summed E-state index contributed by atoms with van der Waals surface area (Å²) in [5, 5.41) is 3.08. The average Bonchev–Trinajstić information content (AvgIpc) is 2.46. The van der Waals surface area contributed by atoms with Gasteiger partial charge in [-0.3, -0.25) is 0 Å². The number of hydrogen-bond donors (Lipinski definition) is 1. The van der Waals surface area contributed by atoms with E-state index in [0.717, 1.165) is 30.6 Å². The zero-order chi connectivity index (χ0) is 14.8. The van der Waals surface area contributed by atoms with E-state index >= 15 is 0 Å². The van der Waals surface area contributed by atoms with E-state index in [4.69, 9.17) is 0 Å². The Labute approximate surface area is 125 Å². The highest BCUT2D eigenvalue weighted by Gasteiger charge is 2.19. The first kappa shape index (κ1) is 14.1. The lowest BCUT2D eigenvalue weighted by molar-refractivity contribution is 0.622. The van der Waals surface area contributed by atoms with Crippen LogP contribution in [0.4, 0.5) is 15.8 Å². The lowest BCUT2D eigenvalue weighted by Gasteiger charge is -2.32. The smallest absolute Gasteiger partial charge is 0.125 e. The third-order valence-corrected chi connectivity index (χ3v) is 3.99. The van der Waals surface area contributed by atoms with Crippen molar-refractivity contribution < 1.29 is 4.39 Å². The number of aryl methyl sites for hydroxylation is 2. The monoisotopic (exact) mass is 284 g/mol. The fraction of sp³-hybridized carbons (Fsp3) is 0.333. The van der Waals surface area contributed by atoms with Gasteiger partial charge in [0.15, 0.2) is 0 Å². The van der Waals surface area contributed by atoms with Gasteiger partial charge in [-0.25, -0.2) is 4.39 Å². The first-order valence-electron chi connectivity index (χ1n) is 7.48. The zero-order valence-electron chi connectivity index (χ0n) is 12.6. The Balaban J connectivity index is 2.02. The van der Waals surface area contributed by atoms with Gasteiger partial charge in [0.2, 0.25) is 0 Å². The molecule has 0 amide bonds. The number of halogens is 1. The molecular formula is C18H21FN2. The normalized spacial score (nSPS) is 14.1. The van der Waals surface area contributed by atoms with E-state index in [0.29, 0.717) is 6.54 Å². The molecule has 2 nitrogen and oxygen atoms in total. The molecule has 1 N–H and O–H groups in total. The van der Waals surface area contributed by atoms with Gasteiger partial charge in [0.1, 0.15) is 5.82 Å². The number of rotatable bonds is 3. The van der Waals surface area contributed by atoms with Crippen LogP contribution in [0.3, 0.4) is 0 Å². The number of nitrogens with zero attached hydrogens (tertiary/aromatic N) is 1. The van der Waals surface area contributed by atoms with Crippen molar-refractivity contribution in [1.82, 2.24) is 5.32 Å². The van der Waals surface area contributed by atoms with E-state index in [2.05, 4.69) is 41.4 Å². The molecule has 0 saturated heterocycles. The average molecular weight is 284 g/mol. The van der Waals surface area contributed by atoms with Gasteiger partial charge in [0, 0.05) is 24.5 Å². The van der Waals surface area contributed by atoms with Crippen LogP contribution in [-0.4, -0.2) is 13.6 Å². The molecule has 1 heterocycles. The predicted octanol–water partition coefficient (Wildman–Crippen LogP) is 3.94. The van der Waals surface area contributed by atoms with E-state index in [9.17, 15) is 4.39 Å². The molecule has 110 valence electrons. The molecule has 2 aromatic rings. The fourth-order valence-electron chi connectivity index (χ4n) is 3.09. The van der Waals surface area contributed by atoms with Crippen molar-refractivity contribution in [1.29, 1.82) is 0 Å². The van der Waals surface area contributed by atoms with Crippen molar-refractivity contribution in [3.63, 3.8) is 0 Å². The topological polar surface area (TPSA) is 15.3 Å². The minimum absolute atomic E-state index is 0.169. The van der Waals surface area contributed by atoms with Crippen LogP contribution in [0.2, 0.25) is 0 Å². The Kier molecular flexibility index (Phi) is 3.93. The second kappa shape index (κ2) is 5.86. The van der Waals surface area contributed by atoms with Crippen molar-refractivity contribution >= 4 is 11.4 Å². The van der Waals surface area contributed by atoms with Gasteiger partial charge in [0.05, 0.1) is 0 Å². The number of hydrogen-bond acceptors (Lipinski definition) is 2. The molecule has 0 saturated carbocycles. The standard InChI is InChI=1S/C18H21FN2/c1-13-5-6-18-15(8-13)4-3-7-21(18)17-10-14(12-20-2)9-16(19)11-17/h5-6,8-11,20H,3-4,7,12H2,1-2H3. The van der Waals surface area contributed by atoms with Crippen LogP contribution in [0.25, 0.3) is 0 Å². The van der Waals surface area contributed by atoms with Crippen LogP contribution in [-0.2, 0) is 13.0 Å². The first-order valence-corrected chi connectivity index (χ1v) is 7.48.